The fourth-order valence-electron chi connectivity index (χ4n) is 4.30. The van der Waals surface area contributed by atoms with E-state index in [1.807, 2.05) is 0 Å². The predicted molar refractivity (Wildman–Crippen MR) is 81.3 cm³/mol. The lowest BCUT2D eigenvalue weighted by Crippen LogP contribution is -2.37. The maximum absolute atomic E-state index is 3.89. The van der Waals surface area contributed by atoms with Crippen LogP contribution in [-0.4, -0.2) is 36.1 Å². The van der Waals surface area contributed by atoms with Gasteiger partial charge in [-0.2, -0.15) is 0 Å². The normalized spacial score (nSPS) is 40.7. The van der Waals surface area contributed by atoms with E-state index in [-0.39, 0.29) is 0 Å². The van der Waals surface area contributed by atoms with Crippen LogP contribution in [-0.2, 0) is 0 Å². The monoisotopic (exact) mass is 264 g/mol. The van der Waals surface area contributed by atoms with Crippen molar-refractivity contribution in [3.8, 4) is 0 Å². The Balaban J connectivity index is 1.36. The van der Waals surface area contributed by atoms with Gasteiger partial charge in [0, 0.05) is 24.7 Å². The van der Waals surface area contributed by atoms with Crippen LogP contribution in [0.15, 0.2) is 0 Å². The molecule has 2 nitrogen and oxygen atoms in total. The standard InChI is InChI=1S/C17H32N2/c1-3-14-4-6-15(7-5-14)11-18-16-10-13(2)19(12-16)17-8-9-17/h13-18H,3-12H2,1-2H3. The van der Waals surface area contributed by atoms with Crippen LogP contribution in [0.1, 0.15) is 65.2 Å². The van der Waals surface area contributed by atoms with Gasteiger partial charge in [0.25, 0.3) is 0 Å². The lowest BCUT2D eigenvalue weighted by atomic mass is 9.81. The largest absolute Gasteiger partial charge is 0.312 e. The van der Waals surface area contributed by atoms with Gasteiger partial charge in [-0.15, -0.1) is 0 Å². The zero-order chi connectivity index (χ0) is 13.2. The first kappa shape index (κ1) is 13.9. The van der Waals surface area contributed by atoms with E-state index in [4.69, 9.17) is 0 Å². The molecule has 1 heterocycles. The first-order chi connectivity index (χ1) is 9.26. The Labute approximate surface area is 119 Å². The lowest BCUT2D eigenvalue weighted by Gasteiger charge is -2.29. The molecule has 3 aliphatic rings. The molecule has 3 rings (SSSR count). The molecular weight excluding hydrogens is 232 g/mol. The van der Waals surface area contributed by atoms with Gasteiger partial charge in [0.05, 0.1) is 0 Å². The quantitative estimate of drug-likeness (QED) is 0.818. The van der Waals surface area contributed by atoms with Crippen molar-refractivity contribution in [3.63, 3.8) is 0 Å². The molecule has 0 bridgehead atoms. The van der Waals surface area contributed by atoms with E-state index >= 15 is 0 Å². The van der Waals surface area contributed by atoms with Crippen LogP contribution in [0.25, 0.3) is 0 Å². The number of hydrogen-bond donors (Lipinski definition) is 1. The molecule has 19 heavy (non-hydrogen) atoms. The maximum atomic E-state index is 3.89. The zero-order valence-electron chi connectivity index (χ0n) is 12.9. The molecule has 2 heteroatoms. The predicted octanol–water partition coefficient (Wildman–Crippen LogP) is 3.42. The van der Waals surface area contributed by atoms with Crippen molar-refractivity contribution in [1.29, 1.82) is 0 Å². The van der Waals surface area contributed by atoms with E-state index in [2.05, 4.69) is 24.1 Å². The summed E-state index contributed by atoms with van der Waals surface area (Å²) in [4.78, 5) is 2.76. The number of nitrogens with one attached hydrogen (secondary N) is 1. The molecule has 0 amide bonds. The van der Waals surface area contributed by atoms with Gasteiger partial charge in [0.15, 0.2) is 0 Å². The van der Waals surface area contributed by atoms with E-state index in [0.29, 0.717) is 0 Å². The van der Waals surface area contributed by atoms with Crippen molar-refractivity contribution in [1.82, 2.24) is 10.2 Å². The number of nitrogens with zero attached hydrogens (tertiary/aromatic N) is 1. The second-order valence-electron chi connectivity index (χ2n) is 7.41. The molecule has 1 aliphatic heterocycles. The molecule has 3 fully saturated rings. The van der Waals surface area contributed by atoms with E-state index in [1.165, 1.54) is 64.5 Å². The minimum atomic E-state index is 0.777. The Morgan fingerprint density at radius 1 is 1.00 bits per heavy atom. The lowest BCUT2D eigenvalue weighted by molar-refractivity contribution is 0.245. The molecule has 0 aromatic heterocycles. The number of likely N-dealkylation sites (tertiary alicyclic amines) is 1. The highest BCUT2D eigenvalue weighted by Gasteiger charge is 2.38. The molecule has 2 atom stereocenters. The van der Waals surface area contributed by atoms with Gasteiger partial charge in [0.2, 0.25) is 0 Å². The second-order valence-corrected chi connectivity index (χ2v) is 7.41. The second kappa shape index (κ2) is 6.13. The van der Waals surface area contributed by atoms with Crippen molar-refractivity contribution in [2.75, 3.05) is 13.1 Å². The topological polar surface area (TPSA) is 15.3 Å². The third-order valence-electron chi connectivity index (χ3n) is 5.88. The van der Waals surface area contributed by atoms with Gasteiger partial charge >= 0.3 is 0 Å². The third-order valence-corrected chi connectivity index (χ3v) is 5.88. The molecular formula is C17H32N2. The summed E-state index contributed by atoms with van der Waals surface area (Å²) >= 11 is 0. The fraction of sp³-hybridized carbons (Fsp3) is 1.00. The van der Waals surface area contributed by atoms with Crippen molar-refractivity contribution in [3.05, 3.63) is 0 Å². The van der Waals surface area contributed by atoms with E-state index in [1.54, 1.807) is 0 Å². The minimum absolute atomic E-state index is 0.777. The van der Waals surface area contributed by atoms with Gasteiger partial charge in [-0.25, -0.2) is 0 Å². The van der Waals surface area contributed by atoms with Crippen LogP contribution in [0, 0.1) is 11.8 Å². The number of rotatable bonds is 5. The van der Waals surface area contributed by atoms with Crippen LogP contribution < -0.4 is 5.32 Å². The molecule has 110 valence electrons. The maximum Gasteiger partial charge on any atom is 0.0210 e. The van der Waals surface area contributed by atoms with Crippen LogP contribution >= 0.6 is 0 Å². The Morgan fingerprint density at radius 2 is 1.68 bits per heavy atom. The third kappa shape index (κ3) is 3.52. The Morgan fingerprint density at radius 3 is 2.32 bits per heavy atom. The zero-order valence-corrected chi connectivity index (χ0v) is 12.9. The summed E-state index contributed by atoms with van der Waals surface area (Å²) in [5.74, 6) is 2.00. The van der Waals surface area contributed by atoms with Gasteiger partial charge in [-0.3, -0.25) is 4.90 Å². The van der Waals surface area contributed by atoms with Crippen molar-refractivity contribution in [2.24, 2.45) is 11.8 Å². The number of hydrogen-bond acceptors (Lipinski definition) is 2. The summed E-state index contributed by atoms with van der Waals surface area (Å²) in [6.07, 6.45) is 11.6. The molecule has 2 saturated carbocycles. The summed E-state index contributed by atoms with van der Waals surface area (Å²) in [6.45, 7) is 7.38. The van der Waals surface area contributed by atoms with E-state index in [9.17, 15) is 0 Å². The average molecular weight is 264 g/mol. The highest BCUT2D eigenvalue weighted by molar-refractivity contribution is 4.96. The van der Waals surface area contributed by atoms with Crippen LogP contribution in [0.2, 0.25) is 0 Å². The van der Waals surface area contributed by atoms with E-state index in [0.717, 1.165) is 30.0 Å². The summed E-state index contributed by atoms with van der Waals surface area (Å²) in [5.41, 5.74) is 0. The minimum Gasteiger partial charge on any atom is -0.312 e. The van der Waals surface area contributed by atoms with Gasteiger partial charge in [-0.05, 0) is 57.4 Å². The van der Waals surface area contributed by atoms with Gasteiger partial charge in [0.1, 0.15) is 0 Å². The van der Waals surface area contributed by atoms with E-state index < -0.39 is 0 Å². The van der Waals surface area contributed by atoms with Crippen molar-refractivity contribution < 1.29 is 0 Å². The summed E-state index contributed by atoms with van der Waals surface area (Å²) in [7, 11) is 0. The van der Waals surface area contributed by atoms with Crippen LogP contribution in [0.4, 0.5) is 0 Å². The van der Waals surface area contributed by atoms with Gasteiger partial charge in [-0.1, -0.05) is 26.2 Å². The molecule has 1 saturated heterocycles. The highest BCUT2D eigenvalue weighted by Crippen LogP contribution is 2.34. The summed E-state index contributed by atoms with van der Waals surface area (Å²) in [5, 5.41) is 3.89. The molecule has 0 spiro atoms. The van der Waals surface area contributed by atoms with Crippen molar-refractivity contribution in [2.45, 2.75) is 83.3 Å². The molecule has 1 N–H and O–H groups in total. The molecule has 0 aromatic carbocycles. The fourth-order valence-corrected chi connectivity index (χ4v) is 4.30. The summed E-state index contributed by atoms with van der Waals surface area (Å²) < 4.78 is 0. The van der Waals surface area contributed by atoms with Crippen LogP contribution in [0.3, 0.4) is 0 Å². The smallest absolute Gasteiger partial charge is 0.0210 e. The molecule has 2 aliphatic carbocycles. The summed E-state index contributed by atoms with van der Waals surface area (Å²) in [6, 6.07) is 2.54. The van der Waals surface area contributed by atoms with Crippen LogP contribution in [0.5, 0.6) is 0 Å². The Hall–Kier alpha value is -0.0800. The van der Waals surface area contributed by atoms with Crippen molar-refractivity contribution >= 4 is 0 Å². The Kier molecular flexibility index (Phi) is 4.48. The average Bonchev–Trinajstić information content (AvgIpc) is 3.21. The molecule has 0 aromatic rings. The molecule has 2 unspecified atom stereocenters. The first-order valence-corrected chi connectivity index (χ1v) is 8.75. The highest BCUT2D eigenvalue weighted by atomic mass is 15.3. The Bertz CT molecular complexity index is 279. The SMILES string of the molecule is CCC1CCC(CNC2CC(C)N(C3CC3)C2)CC1. The first-order valence-electron chi connectivity index (χ1n) is 8.75. The molecule has 0 radical (unpaired) electrons. The van der Waals surface area contributed by atoms with Gasteiger partial charge < -0.3 is 5.32 Å².